The Hall–Kier alpha value is -7.40. The molecule has 4 heteroatoms. The molecule has 9 aromatic carbocycles. The van der Waals surface area contributed by atoms with Gasteiger partial charge in [0.2, 0.25) is 0 Å². The van der Waals surface area contributed by atoms with Gasteiger partial charge in [0, 0.05) is 69.6 Å². The van der Waals surface area contributed by atoms with E-state index in [1.807, 2.05) is 25.2 Å². The number of rotatable bonds is 4. The van der Waals surface area contributed by atoms with E-state index < -0.39 is 0 Å². The van der Waals surface area contributed by atoms with Crippen molar-refractivity contribution in [1.29, 1.82) is 0 Å². The highest BCUT2D eigenvalue weighted by atomic mass is 32.1. The fraction of sp³-hybridized carbons (Fsp3) is 0.0357. The molecule has 0 bridgehead atoms. The summed E-state index contributed by atoms with van der Waals surface area (Å²) in [6.07, 6.45) is 0. The van der Waals surface area contributed by atoms with Gasteiger partial charge < -0.3 is 13.7 Å². The first-order chi connectivity index (χ1) is 29.8. The summed E-state index contributed by atoms with van der Waals surface area (Å²) >= 11 is 1.90. The lowest BCUT2D eigenvalue weighted by atomic mass is 10.00. The molecular weight excluding hydrogens is 747 g/mol. The topological polar surface area (TPSA) is 14.8 Å². The van der Waals surface area contributed by atoms with Crippen LogP contribution in [0.15, 0.2) is 200 Å². The van der Waals surface area contributed by atoms with E-state index in [0.717, 1.165) is 5.69 Å². The molecule has 0 saturated carbocycles. The van der Waals surface area contributed by atoms with Crippen molar-refractivity contribution in [3.63, 3.8) is 0 Å². The normalized spacial score (nSPS) is 11.8. The standard InChI is InChI=1S/C54H33N3S.C2H6/c1-4-14-36(15-5-1)55-44-22-12-10-20-39(44)42-32-34(24-27-46(42)55)35-25-28-47-43(33-35)40-26-30-50-53(54(40)57(47)38-18-8-3-9-19-38)52-49(58-50)31-29-48-51(52)41-21-11-13-23-45(41)56(48)37-16-6-2-7-17-37;1-2/h1-33H;1-2H3. The van der Waals surface area contributed by atoms with Crippen molar-refractivity contribution in [2.75, 3.05) is 0 Å². The van der Waals surface area contributed by atoms with Gasteiger partial charge in [0.25, 0.3) is 0 Å². The summed E-state index contributed by atoms with van der Waals surface area (Å²) in [7, 11) is 0. The van der Waals surface area contributed by atoms with Crippen LogP contribution >= 0.6 is 11.3 Å². The lowest BCUT2D eigenvalue weighted by Crippen LogP contribution is -1.94. The molecule has 0 spiro atoms. The Morgan fingerprint density at radius 3 is 1.37 bits per heavy atom. The molecular formula is C56H39N3S. The molecule has 0 radical (unpaired) electrons. The van der Waals surface area contributed by atoms with Crippen LogP contribution in [0.3, 0.4) is 0 Å². The van der Waals surface area contributed by atoms with Crippen LogP contribution in [0.4, 0.5) is 0 Å². The van der Waals surface area contributed by atoms with Gasteiger partial charge >= 0.3 is 0 Å². The van der Waals surface area contributed by atoms with E-state index in [2.05, 4.69) is 214 Å². The van der Waals surface area contributed by atoms with Crippen molar-refractivity contribution in [3.8, 4) is 28.2 Å². The number of hydrogen-bond donors (Lipinski definition) is 0. The molecule has 0 saturated heterocycles. The highest BCUT2D eigenvalue weighted by Crippen LogP contribution is 2.48. The van der Waals surface area contributed by atoms with Crippen LogP contribution in [0, 0.1) is 0 Å². The van der Waals surface area contributed by atoms with Crippen molar-refractivity contribution in [2.24, 2.45) is 0 Å². The average molecular weight is 786 g/mol. The lowest BCUT2D eigenvalue weighted by Gasteiger charge is -2.10. The Bertz CT molecular complexity index is 3770. The molecule has 0 unspecified atom stereocenters. The molecule has 0 aliphatic carbocycles. The molecule has 0 atom stereocenters. The van der Waals surface area contributed by atoms with Gasteiger partial charge in [0.05, 0.1) is 33.1 Å². The minimum atomic E-state index is 1.16. The van der Waals surface area contributed by atoms with Crippen LogP contribution in [0.2, 0.25) is 0 Å². The van der Waals surface area contributed by atoms with Crippen LogP contribution in [-0.4, -0.2) is 13.7 Å². The van der Waals surface area contributed by atoms with Gasteiger partial charge in [-0.3, -0.25) is 0 Å². The van der Waals surface area contributed by atoms with Crippen molar-refractivity contribution < 1.29 is 0 Å². The SMILES string of the molecule is CC.c1ccc(-n2c3ccccc3c3cc(-c4ccc5c(c4)c4ccc6sc7ccc8c(c9ccccc9n8-c8ccccc8)c7c6c4n5-c4ccccc4)ccc32)cc1. The second kappa shape index (κ2) is 13.6. The van der Waals surface area contributed by atoms with Crippen LogP contribution < -0.4 is 0 Å². The predicted molar refractivity (Wildman–Crippen MR) is 259 cm³/mol. The first-order valence-corrected chi connectivity index (χ1v) is 21.7. The first kappa shape index (κ1) is 34.6. The van der Waals surface area contributed by atoms with E-state index in [0.29, 0.717) is 0 Å². The van der Waals surface area contributed by atoms with E-state index in [1.54, 1.807) is 0 Å². The van der Waals surface area contributed by atoms with Gasteiger partial charge in [-0.05, 0) is 102 Å². The molecule has 0 aliphatic heterocycles. The van der Waals surface area contributed by atoms with Gasteiger partial charge in [-0.2, -0.15) is 0 Å². The van der Waals surface area contributed by atoms with Gasteiger partial charge in [-0.25, -0.2) is 0 Å². The number of para-hydroxylation sites is 5. The quantitative estimate of drug-likeness (QED) is 0.169. The number of thiophene rings is 1. The Kier molecular flexibility index (Phi) is 7.84. The van der Waals surface area contributed by atoms with Crippen molar-refractivity contribution in [2.45, 2.75) is 13.8 Å². The zero-order valence-electron chi connectivity index (χ0n) is 33.3. The summed E-state index contributed by atoms with van der Waals surface area (Å²) in [6.45, 7) is 4.00. The maximum Gasteiger partial charge on any atom is 0.0634 e. The van der Waals surface area contributed by atoms with Crippen LogP contribution in [0.5, 0.6) is 0 Å². The van der Waals surface area contributed by atoms with E-state index >= 15 is 0 Å². The average Bonchev–Trinajstić information content (AvgIpc) is 4.06. The number of fused-ring (bicyclic) bond motifs is 14. The summed E-state index contributed by atoms with van der Waals surface area (Å²) in [5.74, 6) is 0. The Balaban J connectivity index is 0.00000191. The zero-order chi connectivity index (χ0) is 39.9. The van der Waals surface area contributed by atoms with Crippen LogP contribution in [0.1, 0.15) is 13.8 Å². The van der Waals surface area contributed by atoms with Crippen molar-refractivity contribution in [1.82, 2.24) is 13.7 Å². The molecule has 4 heterocycles. The minimum absolute atomic E-state index is 1.16. The second-order valence-electron chi connectivity index (χ2n) is 15.3. The number of benzene rings is 9. The molecule has 0 amide bonds. The maximum absolute atomic E-state index is 2.51. The summed E-state index contributed by atoms with van der Waals surface area (Å²) < 4.78 is 9.93. The minimum Gasteiger partial charge on any atom is -0.309 e. The predicted octanol–water partition coefficient (Wildman–Crippen LogP) is 16.0. The Morgan fingerprint density at radius 2 is 0.733 bits per heavy atom. The zero-order valence-corrected chi connectivity index (χ0v) is 34.1. The van der Waals surface area contributed by atoms with Crippen molar-refractivity contribution >= 4 is 96.9 Å². The van der Waals surface area contributed by atoms with Crippen molar-refractivity contribution in [3.05, 3.63) is 200 Å². The Labute approximate surface area is 351 Å². The molecule has 284 valence electrons. The van der Waals surface area contributed by atoms with Gasteiger partial charge in [-0.1, -0.05) is 123 Å². The van der Waals surface area contributed by atoms with E-state index in [-0.39, 0.29) is 0 Å². The van der Waals surface area contributed by atoms with Gasteiger partial charge in [0.1, 0.15) is 0 Å². The fourth-order valence-electron chi connectivity index (χ4n) is 9.80. The third-order valence-electron chi connectivity index (χ3n) is 12.2. The fourth-order valence-corrected chi connectivity index (χ4v) is 10.9. The second-order valence-corrected chi connectivity index (χ2v) is 16.4. The monoisotopic (exact) mass is 785 g/mol. The molecule has 13 rings (SSSR count). The van der Waals surface area contributed by atoms with Crippen LogP contribution in [-0.2, 0) is 0 Å². The molecule has 4 aromatic heterocycles. The first-order valence-electron chi connectivity index (χ1n) is 20.9. The molecule has 0 N–H and O–H groups in total. The summed E-state index contributed by atoms with van der Waals surface area (Å²) in [6, 6.07) is 73.5. The third-order valence-corrected chi connectivity index (χ3v) is 13.3. The van der Waals surface area contributed by atoms with Gasteiger partial charge in [0.15, 0.2) is 0 Å². The highest BCUT2D eigenvalue weighted by Gasteiger charge is 2.23. The highest BCUT2D eigenvalue weighted by molar-refractivity contribution is 7.26. The summed E-state index contributed by atoms with van der Waals surface area (Å²) in [4.78, 5) is 0. The maximum atomic E-state index is 2.51. The summed E-state index contributed by atoms with van der Waals surface area (Å²) in [5.41, 5.74) is 13.3. The third kappa shape index (κ3) is 4.95. The number of hydrogen-bond acceptors (Lipinski definition) is 1. The number of nitrogens with zero attached hydrogens (tertiary/aromatic N) is 3. The van der Waals surface area contributed by atoms with E-state index in [9.17, 15) is 0 Å². The Morgan fingerprint density at radius 1 is 0.300 bits per heavy atom. The van der Waals surface area contributed by atoms with Gasteiger partial charge in [-0.15, -0.1) is 11.3 Å². The molecule has 13 aromatic rings. The molecule has 0 fully saturated rings. The van der Waals surface area contributed by atoms with E-state index in [1.165, 1.54) is 108 Å². The number of aromatic nitrogens is 3. The molecule has 0 aliphatic rings. The smallest absolute Gasteiger partial charge is 0.0634 e. The van der Waals surface area contributed by atoms with E-state index in [4.69, 9.17) is 0 Å². The van der Waals surface area contributed by atoms with Crippen LogP contribution in [0.25, 0.3) is 114 Å². The molecule has 60 heavy (non-hydrogen) atoms. The lowest BCUT2D eigenvalue weighted by molar-refractivity contribution is 1.18. The largest absolute Gasteiger partial charge is 0.309 e. The summed E-state index contributed by atoms with van der Waals surface area (Å²) in [5, 5.41) is 10.3. The molecule has 3 nitrogen and oxygen atoms in total.